The third-order valence-corrected chi connectivity index (χ3v) is 8.88. The normalized spacial score (nSPS) is 15.9. The Morgan fingerprint density at radius 2 is 1.89 bits per heavy atom. The molecule has 1 aliphatic rings. The maximum Gasteiger partial charge on any atom is 0.125 e. The molecule has 2 nitrogen and oxygen atoms in total. The van der Waals surface area contributed by atoms with Crippen molar-refractivity contribution in [2.45, 2.75) is 38.5 Å². The maximum atomic E-state index is 6.06. The second kappa shape index (κ2) is 7.77. The summed E-state index contributed by atoms with van der Waals surface area (Å²) in [4.78, 5) is 0. The van der Waals surface area contributed by atoms with E-state index in [1.54, 1.807) is 7.11 Å². The van der Waals surface area contributed by atoms with E-state index in [9.17, 15) is 0 Å². The summed E-state index contributed by atoms with van der Waals surface area (Å²) in [5.74, 6) is 2.04. The third-order valence-electron chi connectivity index (χ3n) is 5.43. The van der Waals surface area contributed by atoms with E-state index in [1.165, 1.54) is 27.8 Å². The Morgan fingerprint density at radius 3 is 2.59 bits per heavy atom. The molecule has 0 saturated heterocycles. The van der Waals surface area contributed by atoms with E-state index < -0.39 is 8.07 Å². The van der Waals surface area contributed by atoms with Crippen LogP contribution in [0.5, 0.6) is 5.75 Å². The molecule has 0 amide bonds. The Morgan fingerprint density at radius 1 is 1.15 bits per heavy atom. The number of allylic oxidation sites excluding steroid dienone is 1. The summed E-state index contributed by atoms with van der Waals surface area (Å²) < 4.78 is 11.7. The number of aryl methyl sites for hydroxylation is 2. The van der Waals surface area contributed by atoms with Gasteiger partial charge in [0, 0.05) is 11.1 Å². The molecule has 0 saturated carbocycles. The van der Waals surface area contributed by atoms with Crippen molar-refractivity contribution in [3.8, 4) is 5.75 Å². The van der Waals surface area contributed by atoms with Gasteiger partial charge in [-0.15, -0.1) is 0 Å². The number of hydrogen-bond donors (Lipinski definition) is 0. The molecule has 1 aliphatic carbocycles. The summed E-state index contributed by atoms with van der Waals surface area (Å²) in [6, 6.07) is 14.2. The van der Waals surface area contributed by atoms with Gasteiger partial charge < -0.3 is 9.47 Å². The van der Waals surface area contributed by atoms with E-state index in [0.29, 0.717) is 12.1 Å². The van der Waals surface area contributed by atoms with Crippen LogP contribution in [0.15, 0.2) is 55.1 Å². The first-order chi connectivity index (χ1) is 12.9. The van der Waals surface area contributed by atoms with Crippen molar-refractivity contribution in [1.29, 1.82) is 0 Å². The molecule has 2 aromatic carbocycles. The molecule has 0 heterocycles. The highest BCUT2D eigenvalue weighted by Gasteiger charge is 2.38. The minimum absolute atomic E-state index is 0.441. The fraction of sp³-hybridized carbons (Fsp3) is 0.333. The first-order valence-corrected chi connectivity index (χ1v) is 12.8. The van der Waals surface area contributed by atoms with Gasteiger partial charge in [0.2, 0.25) is 0 Å². The molecule has 1 unspecified atom stereocenters. The van der Waals surface area contributed by atoms with Crippen molar-refractivity contribution in [2.24, 2.45) is 0 Å². The fourth-order valence-corrected chi connectivity index (χ4v) is 7.43. The zero-order chi connectivity index (χ0) is 19.6. The van der Waals surface area contributed by atoms with Crippen LogP contribution in [0, 0.1) is 13.8 Å². The van der Waals surface area contributed by atoms with Gasteiger partial charge in [-0.05, 0) is 42.7 Å². The number of benzene rings is 2. The largest absolute Gasteiger partial charge is 0.496 e. The number of ether oxygens (including phenoxy) is 2. The smallest absolute Gasteiger partial charge is 0.125 e. The summed E-state index contributed by atoms with van der Waals surface area (Å²) in [5, 5.41) is 0. The van der Waals surface area contributed by atoms with Gasteiger partial charge in [-0.25, -0.2) is 0 Å². The minimum atomic E-state index is -1.70. The van der Waals surface area contributed by atoms with E-state index in [2.05, 4.69) is 76.0 Å². The Labute approximate surface area is 164 Å². The van der Waals surface area contributed by atoms with Gasteiger partial charge in [-0.2, -0.15) is 0 Å². The molecule has 0 aromatic heterocycles. The number of rotatable bonds is 7. The molecule has 0 bridgehead atoms. The molecule has 0 spiro atoms. The molecule has 3 heteroatoms. The number of methoxy groups -OCH3 is 1. The van der Waals surface area contributed by atoms with Crippen LogP contribution in [0.4, 0.5) is 0 Å². The van der Waals surface area contributed by atoms with Gasteiger partial charge in [0.15, 0.2) is 0 Å². The average Bonchev–Trinajstić information content (AvgIpc) is 3.00. The van der Waals surface area contributed by atoms with Gasteiger partial charge in [-0.3, -0.25) is 0 Å². The van der Waals surface area contributed by atoms with Crippen LogP contribution in [-0.4, -0.2) is 21.8 Å². The fourth-order valence-electron chi connectivity index (χ4n) is 4.27. The predicted octanol–water partition coefficient (Wildman–Crippen LogP) is 5.98. The minimum Gasteiger partial charge on any atom is -0.496 e. The van der Waals surface area contributed by atoms with E-state index >= 15 is 0 Å². The SMILES string of the molecule is C=CCOc1c(C)cc(C)cc1C[Si](C)(C)C1C=C(OC)c2ccccc21. The molecule has 0 fully saturated rings. The predicted molar refractivity (Wildman–Crippen MR) is 117 cm³/mol. The second-order valence-electron chi connectivity index (χ2n) is 8.14. The summed E-state index contributed by atoms with van der Waals surface area (Å²) in [5.41, 5.74) is 6.91. The Bertz CT molecular complexity index is 880. The van der Waals surface area contributed by atoms with Gasteiger partial charge in [0.1, 0.15) is 18.1 Å². The third kappa shape index (κ3) is 3.88. The molecule has 1 atom stereocenters. The molecular formula is C24H30O2Si. The van der Waals surface area contributed by atoms with Crippen LogP contribution in [0.25, 0.3) is 5.76 Å². The first-order valence-electron chi connectivity index (χ1n) is 9.56. The molecule has 142 valence electrons. The van der Waals surface area contributed by atoms with Crippen molar-refractivity contribution in [3.05, 3.63) is 82.9 Å². The molecule has 0 N–H and O–H groups in total. The molecule has 0 aliphatic heterocycles. The molecular weight excluding hydrogens is 348 g/mol. The van der Waals surface area contributed by atoms with E-state index in [0.717, 1.165) is 17.6 Å². The molecule has 3 rings (SSSR count). The molecule has 0 radical (unpaired) electrons. The van der Waals surface area contributed by atoms with E-state index in [1.807, 2.05) is 6.08 Å². The van der Waals surface area contributed by atoms with Crippen LogP contribution >= 0.6 is 0 Å². The second-order valence-corrected chi connectivity index (χ2v) is 13.1. The summed E-state index contributed by atoms with van der Waals surface area (Å²) >= 11 is 0. The van der Waals surface area contributed by atoms with Crippen LogP contribution in [-0.2, 0) is 10.8 Å². The topological polar surface area (TPSA) is 18.5 Å². The standard InChI is InChI=1S/C24H30O2Si/c1-7-12-26-24-18(3)13-17(2)14-19(24)16-27(5,6)23-15-22(25-4)20-10-8-9-11-21(20)23/h7-11,13-15,23H,1,12,16H2,2-6H3. The summed E-state index contributed by atoms with van der Waals surface area (Å²) in [6.45, 7) is 13.6. The Balaban J connectivity index is 1.98. The lowest BCUT2D eigenvalue weighted by Crippen LogP contribution is -2.37. The van der Waals surface area contributed by atoms with Crippen molar-refractivity contribution in [2.75, 3.05) is 13.7 Å². The monoisotopic (exact) mass is 378 g/mol. The number of hydrogen-bond acceptors (Lipinski definition) is 2. The van der Waals surface area contributed by atoms with Crippen molar-refractivity contribution < 1.29 is 9.47 Å². The maximum absolute atomic E-state index is 6.06. The quantitative estimate of drug-likeness (QED) is 0.436. The lowest BCUT2D eigenvalue weighted by molar-refractivity contribution is 0.357. The lowest BCUT2D eigenvalue weighted by Gasteiger charge is -2.30. The van der Waals surface area contributed by atoms with Crippen LogP contribution in [0.3, 0.4) is 0 Å². The summed E-state index contributed by atoms with van der Waals surface area (Å²) in [6.07, 6.45) is 4.15. The summed E-state index contributed by atoms with van der Waals surface area (Å²) in [7, 11) is 0.0695. The number of fused-ring (bicyclic) bond motifs is 1. The van der Waals surface area contributed by atoms with Crippen molar-refractivity contribution in [1.82, 2.24) is 0 Å². The zero-order valence-electron chi connectivity index (χ0n) is 17.1. The highest BCUT2D eigenvalue weighted by Crippen LogP contribution is 2.43. The van der Waals surface area contributed by atoms with Crippen LogP contribution < -0.4 is 4.74 Å². The molecule has 27 heavy (non-hydrogen) atoms. The van der Waals surface area contributed by atoms with E-state index in [-0.39, 0.29) is 0 Å². The Kier molecular flexibility index (Phi) is 5.61. The lowest BCUT2D eigenvalue weighted by atomic mass is 10.1. The average molecular weight is 379 g/mol. The Hall–Kier alpha value is -2.26. The van der Waals surface area contributed by atoms with Crippen molar-refractivity contribution >= 4 is 13.8 Å². The zero-order valence-corrected chi connectivity index (χ0v) is 18.1. The van der Waals surface area contributed by atoms with Gasteiger partial charge >= 0.3 is 0 Å². The molecule has 2 aromatic rings. The van der Waals surface area contributed by atoms with E-state index in [4.69, 9.17) is 9.47 Å². The van der Waals surface area contributed by atoms with Crippen molar-refractivity contribution in [3.63, 3.8) is 0 Å². The van der Waals surface area contributed by atoms with Crippen LogP contribution in [0.1, 0.15) is 33.4 Å². The first kappa shape index (κ1) is 19.5. The highest BCUT2D eigenvalue weighted by atomic mass is 28.3. The van der Waals surface area contributed by atoms with Gasteiger partial charge in [-0.1, -0.05) is 67.7 Å². The van der Waals surface area contributed by atoms with Gasteiger partial charge in [0.05, 0.1) is 15.2 Å². The highest BCUT2D eigenvalue weighted by molar-refractivity contribution is 6.79. The van der Waals surface area contributed by atoms with Crippen LogP contribution in [0.2, 0.25) is 13.1 Å². The van der Waals surface area contributed by atoms with Gasteiger partial charge in [0.25, 0.3) is 0 Å².